The largest absolute Gasteiger partial charge is 1.00 e. The van der Waals surface area contributed by atoms with E-state index in [2.05, 4.69) is 38.2 Å². The highest BCUT2D eigenvalue weighted by Crippen LogP contribution is 2.27. The van der Waals surface area contributed by atoms with Crippen molar-refractivity contribution in [2.24, 2.45) is 0 Å². The molecule has 1 aliphatic rings. The van der Waals surface area contributed by atoms with Gasteiger partial charge in [-0.1, -0.05) is 51.1 Å². The fraction of sp³-hybridized carbons (Fsp3) is 0.364. The summed E-state index contributed by atoms with van der Waals surface area (Å²) in [6.45, 7) is 7.32. The van der Waals surface area contributed by atoms with Crippen molar-refractivity contribution in [2.45, 2.75) is 40.0 Å². The predicted octanol–water partition coefficient (Wildman–Crippen LogP) is 0.135. The van der Waals surface area contributed by atoms with E-state index in [0.29, 0.717) is 5.96 Å². The van der Waals surface area contributed by atoms with Crippen LogP contribution in [0.4, 0.5) is 17.1 Å². The third kappa shape index (κ3) is 4.21. The Morgan fingerprint density at radius 1 is 1.04 bits per heavy atom. The van der Waals surface area contributed by atoms with Crippen LogP contribution in [0.2, 0.25) is 0 Å². The zero-order valence-electron chi connectivity index (χ0n) is 16.8. The molecule has 1 aliphatic heterocycles. The number of quaternary nitrogens is 1. The van der Waals surface area contributed by atoms with Crippen molar-refractivity contribution in [3.63, 3.8) is 0 Å². The van der Waals surface area contributed by atoms with Crippen LogP contribution in [0, 0.1) is 5.41 Å². The lowest BCUT2D eigenvalue weighted by Crippen LogP contribution is -3.10. The SMILES string of the molecule is CCCN1C(=N)[NH+](CC(=O)Nc2c(CC)cccc2CC)c2ccccc21.[Cl-]. The van der Waals surface area contributed by atoms with Crippen LogP contribution in [0.25, 0.3) is 0 Å². The first-order valence-electron chi connectivity index (χ1n) is 9.82. The summed E-state index contributed by atoms with van der Waals surface area (Å²) in [5, 5.41) is 11.7. The lowest BCUT2D eigenvalue weighted by molar-refractivity contribution is -0.718. The molecule has 1 heterocycles. The molecule has 2 aromatic rings. The van der Waals surface area contributed by atoms with Crippen LogP contribution in [0.15, 0.2) is 42.5 Å². The fourth-order valence-electron chi connectivity index (χ4n) is 3.76. The van der Waals surface area contributed by atoms with Gasteiger partial charge in [0.1, 0.15) is 5.69 Å². The zero-order chi connectivity index (χ0) is 19.4. The van der Waals surface area contributed by atoms with E-state index in [1.54, 1.807) is 0 Å². The van der Waals surface area contributed by atoms with E-state index in [1.807, 2.05) is 35.2 Å². The molecule has 0 radical (unpaired) electrons. The van der Waals surface area contributed by atoms with Crippen LogP contribution in [0.5, 0.6) is 0 Å². The number of amides is 1. The van der Waals surface area contributed by atoms with Crippen molar-refractivity contribution < 1.29 is 22.1 Å². The van der Waals surface area contributed by atoms with E-state index in [-0.39, 0.29) is 24.9 Å². The van der Waals surface area contributed by atoms with Gasteiger partial charge in [-0.25, -0.2) is 10.3 Å². The van der Waals surface area contributed by atoms with Gasteiger partial charge in [-0.2, -0.15) is 0 Å². The summed E-state index contributed by atoms with van der Waals surface area (Å²) in [5.74, 6) is 0.395. The van der Waals surface area contributed by atoms with Crippen molar-refractivity contribution in [1.29, 1.82) is 5.41 Å². The minimum Gasteiger partial charge on any atom is -1.00 e. The molecule has 28 heavy (non-hydrogen) atoms. The molecule has 1 unspecified atom stereocenters. The van der Waals surface area contributed by atoms with Crippen LogP contribution in [0.1, 0.15) is 38.3 Å². The van der Waals surface area contributed by atoms with Gasteiger partial charge in [0.2, 0.25) is 0 Å². The molecule has 3 N–H and O–H groups in total. The van der Waals surface area contributed by atoms with Crippen LogP contribution >= 0.6 is 0 Å². The van der Waals surface area contributed by atoms with Gasteiger partial charge in [-0.05, 0) is 36.5 Å². The Labute approximate surface area is 173 Å². The maximum Gasteiger partial charge on any atom is 0.306 e. The number of hydrogen-bond acceptors (Lipinski definition) is 2. The van der Waals surface area contributed by atoms with E-state index < -0.39 is 0 Å². The number of nitrogens with zero attached hydrogens (tertiary/aromatic N) is 1. The third-order valence-electron chi connectivity index (χ3n) is 5.12. The number of para-hydroxylation sites is 3. The Morgan fingerprint density at radius 3 is 2.29 bits per heavy atom. The second-order valence-electron chi connectivity index (χ2n) is 6.88. The number of carbonyl (C=O) groups excluding carboxylic acids is 1. The molecule has 0 aromatic heterocycles. The summed E-state index contributed by atoms with van der Waals surface area (Å²) in [4.78, 5) is 15.7. The molecule has 1 amide bonds. The molecule has 0 bridgehead atoms. The van der Waals surface area contributed by atoms with Gasteiger partial charge in [-0.15, -0.1) is 0 Å². The van der Waals surface area contributed by atoms with E-state index in [4.69, 9.17) is 5.41 Å². The number of hydrogen-bond donors (Lipinski definition) is 3. The number of guanidine groups is 1. The second kappa shape index (κ2) is 9.71. The summed E-state index contributed by atoms with van der Waals surface area (Å²) in [6, 6.07) is 14.2. The number of carbonyl (C=O) groups is 1. The molecule has 150 valence electrons. The third-order valence-corrected chi connectivity index (χ3v) is 5.12. The Balaban J connectivity index is 0.00000280. The molecule has 1 atom stereocenters. The first-order valence-corrected chi connectivity index (χ1v) is 9.82. The predicted molar refractivity (Wildman–Crippen MR) is 111 cm³/mol. The van der Waals surface area contributed by atoms with E-state index in [0.717, 1.165) is 58.9 Å². The summed E-state index contributed by atoms with van der Waals surface area (Å²) in [5.41, 5.74) is 5.29. The highest BCUT2D eigenvalue weighted by molar-refractivity contribution is 6.00. The summed E-state index contributed by atoms with van der Waals surface area (Å²) >= 11 is 0. The Hall–Kier alpha value is -2.37. The number of rotatable bonds is 7. The smallest absolute Gasteiger partial charge is 0.306 e. The monoisotopic (exact) mass is 400 g/mol. The molecule has 5 nitrogen and oxygen atoms in total. The average molecular weight is 401 g/mol. The highest BCUT2D eigenvalue weighted by atomic mass is 35.5. The normalized spacial score (nSPS) is 15.2. The number of anilines is 2. The van der Waals surface area contributed by atoms with Gasteiger partial charge < -0.3 is 17.7 Å². The lowest BCUT2D eigenvalue weighted by atomic mass is 10.0. The van der Waals surface area contributed by atoms with Crippen molar-refractivity contribution in [3.05, 3.63) is 53.6 Å². The van der Waals surface area contributed by atoms with E-state index in [9.17, 15) is 4.79 Å². The quantitative estimate of drug-likeness (QED) is 0.619. The summed E-state index contributed by atoms with van der Waals surface area (Å²) in [7, 11) is 0. The molecule has 0 saturated carbocycles. The number of fused-ring (bicyclic) bond motifs is 1. The van der Waals surface area contributed by atoms with Crippen LogP contribution < -0.4 is 27.5 Å². The van der Waals surface area contributed by atoms with Gasteiger partial charge in [0.25, 0.3) is 5.91 Å². The van der Waals surface area contributed by atoms with Gasteiger partial charge in [0, 0.05) is 18.3 Å². The number of aryl methyl sites for hydroxylation is 2. The molecule has 0 fully saturated rings. The maximum absolute atomic E-state index is 12.9. The fourth-order valence-corrected chi connectivity index (χ4v) is 3.76. The molecule has 0 saturated heterocycles. The molecular weight excluding hydrogens is 372 g/mol. The molecule has 2 aromatic carbocycles. The number of halogens is 1. The highest BCUT2D eigenvalue weighted by Gasteiger charge is 2.38. The van der Waals surface area contributed by atoms with Crippen molar-refractivity contribution in [2.75, 3.05) is 23.3 Å². The summed E-state index contributed by atoms with van der Waals surface area (Å²) in [6.07, 6.45) is 2.71. The van der Waals surface area contributed by atoms with Crippen molar-refractivity contribution in [1.82, 2.24) is 0 Å². The molecule has 3 rings (SSSR count). The van der Waals surface area contributed by atoms with Crippen molar-refractivity contribution >= 4 is 28.9 Å². The van der Waals surface area contributed by atoms with Gasteiger partial charge >= 0.3 is 5.96 Å². The zero-order valence-corrected chi connectivity index (χ0v) is 17.6. The molecule has 0 spiro atoms. The second-order valence-corrected chi connectivity index (χ2v) is 6.88. The van der Waals surface area contributed by atoms with Gasteiger partial charge in [0.15, 0.2) is 12.2 Å². The minimum absolute atomic E-state index is 0. The number of benzene rings is 2. The van der Waals surface area contributed by atoms with Crippen LogP contribution in [-0.2, 0) is 17.6 Å². The van der Waals surface area contributed by atoms with Crippen LogP contribution in [-0.4, -0.2) is 25.0 Å². The molecular formula is C22H29ClN4O. The van der Waals surface area contributed by atoms with Crippen molar-refractivity contribution in [3.8, 4) is 0 Å². The molecule has 0 aliphatic carbocycles. The Morgan fingerprint density at radius 2 is 1.68 bits per heavy atom. The Kier molecular flexibility index (Phi) is 7.61. The standard InChI is InChI=1S/C22H28N4O.ClH/c1-4-14-25-18-12-7-8-13-19(18)26(22(25)23)15-20(27)24-21-16(5-2)10-9-11-17(21)6-3;/h7-13,23H,4-6,14-15H2,1-3H3,(H,24,27);1H. The maximum atomic E-state index is 12.9. The first-order chi connectivity index (χ1) is 13.1. The minimum atomic E-state index is -0.0569. The lowest BCUT2D eigenvalue weighted by Gasteiger charge is -2.18. The van der Waals surface area contributed by atoms with Crippen LogP contribution in [0.3, 0.4) is 0 Å². The van der Waals surface area contributed by atoms with Gasteiger partial charge in [-0.3, -0.25) is 9.69 Å². The number of nitrogens with one attached hydrogen (secondary N) is 3. The average Bonchev–Trinajstić information content (AvgIpc) is 2.94. The van der Waals surface area contributed by atoms with E-state index >= 15 is 0 Å². The summed E-state index contributed by atoms with van der Waals surface area (Å²) < 4.78 is 0. The molecule has 6 heteroatoms. The first kappa shape index (κ1) is 21.9. The van der Waals surface area contributed by atoms with Gasteiger partial charge in [0.05, 0.1) is 0 Å². The topological polar surface area (TPSA) is 60.6 Å². The van der Waals surface area contributed by atoms with E-state index in [1.165, 1.54) is 0 Å². The Bertz CT molecular complexity index is 830.